The predicted molar refractivity (Wildman–Crippen MR) is 77.8 cm³/mol. The Balaban J connectivity index is 1.58. The van der Waals surface area contributed by atoms with Gasteiger partial charge in [0.25, 0.3) is 0 Å². The molecule has 2 aliphatic rings. The van der Waals surface area contributed by atoms with Crippen LogP contribution in [-0.4, -0.2) is 45.3 Å². The summed E-state index contributed by atoms with van der Waals surface area (Å²) in [6, 6.07) is 0.648. The Morgan fingerprint density at radius 2 is 2.00 bits per heavy atom. The van der Waals surface area contributed by atoms with Gasteiger partial charge in [-0.2, -0.15) is 0 Å². The highest BCUT2D eigenvalue weighted by Gasteiger charge is 2.23. The molecule has 2 rings (SSSR count). The standard InChI is InChI=1S/C13H25N3O3S/c17-13(16-12-4-5-12)6-9-15-20(18,19)10-7-11-3-1-2-8-14-11/h11-12,14-15H,1-10H2,(H,16,17). The zero-order valence-corrected chi connectivity index (χ0v) is 12.7. The number of carbonyl (C=O) groups excluding carboxylic acids is 1. The molecule has 116 valence electrons. The average Bonchev–Trinajstić information content (AvgIpc) is 3.21. The van der Waals surface area contributed by atoms with Crippen molar-refractivity contribution >= 4 is 15.9 Å². The van der Waals surface area contributed by atoms with E-state index in [4.69, 9.17) is 0 Å². The summed E-state index contributed by atoms with van der Waals surface area (Å²) in [6.45, 7) is 1.18. The molecule has 0 aromatic heterocycles. The van der Waals surface area contributed by atoms with Crippen LogP contribution in [0.1, 0.15) is 44.9 Å². The van der Waals surface area contributed by atoms with Gasteiger partial charge in [-0.05, 0) is 38.6 Å². The Hall–Kier alpha value is -0.660. The minimum Gasteiger partial charge on any atom is -0.353 e. The third-order valence-electron chi connectivity index (χ3n) is 3.76. The molecule has 1 saturated heterocycles. The number of hydrogen-bond acceptors (Lipinski definition) is 4. The average molecular weight is 303 g/mol. The number of amides is 1. The van der Waals surface area contributed by atoms with Crippen LogP contribution in [0.4, 0.5) is 0 Å². The van der Waals surface area contributed by atoms with Crippen molar-refractivity contribution in [1.29, 1.82) is 0 Å². The van der Waals surface area contributed by atoms with Crippen molar-refractivity contribution < 1.29 is 13.2 Å². The van der Waals surface area contributed by atoms with E-state index in [1.807, 2.05) is 0 Å². The molecule has 0 bridgehead atoms. The van der Waals surface area contributed by atoms with Crippen LogP contribution >= 0.6 is 0 Å². The lowest BCUT2D eigenvalue weighted by Crippen LogP contribution is -2.38. The summed E-state index contributed by atoms with van der Waals surface area (Å²) in [4.78, 5) is 11.4. The van der Waals surface area contributed by atoms with Gasteiger partial charge < -0.3 is 10.6 Å². The molecule has 1 saturated carbocycles. The molecule has 7 heteroatoms. The number of piperidine rings is 1. The minimum atomic E-state index is -3.26. The van der Waals surface area contributed by atoms with Crippen LogP contribution in [-0.2, 0) is 14.8 Å². The molecule has 0 radical (unpaired) electrons. The van der Waals surface area contributed by atoms with Crippen molar-refractivity contribution in [3.05, 3.63) is 0 Å². The number of sulfonamides is 1. The lowest BCUT2D eigenvalue weighted by Gasteiger charge is -2.23. The Labute approximate surface area is 121 Å². The summed E-state index contributed by atoms with van der Waals surface area (Å²) in [5.74, 6) is 0.0682. The largest absolute Gasteiger partial charge is 0.353 e. The lowest BCUT2D eigenvalue weighted by molar-refractivity contribution is -0.121. The molecule has 0 spiro atoms. The number of carbonyl (C=O) groups is 1. The van der Waals surface area contributed by atoms with Crippen LogP contribution in [0.5, 0.6) is 0 Å². The van der Waals surface area contributed by atoms with Crippen molar-refractivity contribution in [2.75, 3.05) is 18.8 Å². The van der Waals surface area contributed by atoms with E-state index >= 15 is 0 Å². The van der Waals surface area contributed by atoms with Gasteiger partial charge in [-0.1, -0.05) is 6.42 Å². The highest BCUT2D eigenvalue weighted by Crippen LogP contribution is 2.18. The van der Waals surface area contributed by atoms with Crippen LogP contribution < -0.4 is 15.4 Å². The maximum absolute atomic E-state index is 11.8. The first-order valence-electron chi connectivity index (χ1n) is 7.55. The van der Waals surface area contributed by atoms with Crippen molar-refractivity contribution in [3.8, 4) is 0 Å². The highest BCUT2D eigenvalue weighted by molar-refractivity contribution is 7.89. The molecule has 6 nitrogen and oxygen atoms in total. The number of rotatable bonds is 8. The summed E-state index contributed by atoms with van der Waals surface area (Å²) in [6.07, 6.45) is 6.36. The molecule has 2 fully saturated rings. The van der Waals surface area contributed by atoms with Gasteiger partial charge in [0.05, 0.1) is 5.75 Å². The molecule has 1 aliphatic carbocycles. The van der Waals surface area contributed by atoms with Crippen LogP contribution in [0.3, 0.4) is 0 Å². The normalized spacial score (nSPS) is 23.5. The van der Waals surface area contributed by atoms with E-state index in [1.54, 1.807) is 0 Å². The second-order valence-electron chi connectivity index (χ2n) is 5.74. The number of hydrogen-bond donors (Lipinski definition) is 3. The fourth-order valence-electron chi connectivity index (χ4n) is 2.39. The van der Waals surface area contributed by atoms with Gasteiger partial charge in [0.15, 0.2) is 0 Å². The molecular weight excluding hydrogens is 278 g/mol. The molecule has 1 aliphatic heterocycles. The molecule has 1 atom stereocenters. The van der Waals surface area contributed by atoms with Crippen molar-refractivity contribution in [1.82, 2.24) is 15.4 Å². The smallest absolute Gasteiger partial charge is 0.221 e. The third-order valence-corrected chi connectivity index (χ3v) is 5.18. The Morgan fingerprint density at radius 3 is 2.65 bits per heavy atom. The second kappa shape index (κ2) is 7.38. The number of nitrogens with one attached hydrogen (secondary N) is 3. The maximum atomic E-state index is 11.8. The molecule has 1 amide bonds. The van der Waals surface area contributed by atoms with Gasteiger partial charge in [-0.3, -0.25) is 4.79 Å². The first-order valence-corrected chi connectivity index (χ1v) is 9.20. The third kappa shape index (κ3) is 6.19. The summed E-state index contributed by atoms with van der Waals surface area (Å²) in [5.41, 5.74) is 0. The zero-order valence-electron chi connectivity index (χ0n) is 11.9. The van der Waals surface area contributed by atoms with E-state index in [0.29, 0.717) is 18.5 Å². The molecule has 0 aromatic carbocycles. The van der Waals surface area contributed by atoms with E-state index in [2.05, 4.69) is 15.4 Å². The molecule has 20 heavy (non-hydrogen) atoms. The van der Waals surface area contributed by atoms with Crippen LogP contribution in [0.2, 0.25) is 0 Å². The summed E-state index contributed by atoms with van der Waals surface area (Å²) < 4.78 is 26.1. The van der Waals surface area contributed by atoms with Crippen molar-refractivity contribution in [3.63, 3.8) is 0 Å². The monoisotopic (exact) mass is 303 g/mol. The van der Waals surface area contributed by atoms with Crippen molar-refractivity contribution in [2.45, 2.75) is 57.0 Å². The zero-order chi connectivity index (χ0) is 14.4. The van der Waals surface area contributed by atoms with Gasteiger partial charge in [0.2, 0.25) is 15.9 Å². The molecule has 0 aromatic rings. The minimum absolute atomic E-state index is 0.0656. The van der Waals surface area contributed by atoms with Crippen molar-refractivity contribution in [2.24, 2.45) is 0 Å². The van der Waals surface area contributed by atoms with Crippen LogP contribution in [0.15, 0.2) is 0 Å². The van der Waals surface area contributed by atoms with E-state index in [1.165, 1.54) is 12.8 Å². The van der Waals surface area contributed by atoms with Gasteiger partial charge in [-0.15, -0.1) is 0 Å². The van der Waals surface area contributed by atoms with E-state index < -0.39 is 10.0 Å². The summed E-state index contributed by atoms with van der Waals surface area (Å²) >= 11 is 0. The Kier molecular flexibility index (Phi) is 5.80. The lowest BCUT2D eigenvalue weighted by atomic mass is 10.0. The van der Waals surface area contributed by atoms with Gasteiger partial charge >= 0.3 is 0 Å². The molecule has 3 N–H and O–H groups in total. The SMILES string of the molecule is O=C(CCNS(=O)(=O)CCC1CCCCN1)NC1CC1. The first-order chi connectivity index (χ1) is 9.55. The summed E-state index contributed by atoms with van der Waals surface area (Å²) in [5, 5.41) is 6.18. The molecule has 1 unspecified atom stereocenters. The first kappa shape index (κ1) is 15.7. The van der Waals surface area contributed by atoms with Gasteiger partial charge in [0, 0.05) is 25.0 Å². The Morgan fingerprint density at radius 1 is 1.20 bits per heavy atom. The van der Waals surface area contributed by atoms with E-state index in [9.17, 15) is 13.2 Å². The van der Waals surface area contributed by atoms with Crippen LogP contribution in [0, 0.1) is 0 Å². The fraction of sp³-hybridized carbons (Fsp3) is 0.923. The van der Waals surface area contributed by atoms with Gasteiger partial charge in [-0.25, -0.2) is 13.1 Å². The fourth-order valence-corrected chi connectivity index (χ4v) is 3.54. The Bertz CT molecular complexity index is 415. The van der Waals surface area contributed by atoms with Crippen LogP contribution in [0.25, 0.3) is 0 Å². The highest BCUT2D eigenvalue weighted by atomic mass is 32.2. The summed E-state index contributed by atoms with van der Waals surface area (Å²) in [7, 11) is -3.26. The second-order valence-corrected chi connectivity index (χ2v) is 7.67. The van der Waals surface area contributed by atoms with E-state index in [0.717, 1.165) is 25.8 Å². The molecule has 1 heterocycles. The topological polar surface area (TPSA) is 87.3 Å². The van der Waals surface area contributed by atoms with Gasteiger partial charge in [0.1, 0.15) is 0 Å². The van der Waals surface area contributed by atoms with E-state index in [-0.39, 0.29) is 24.6 Å². The quantitative estimate of drug-likeness (QED) is 0.594. The molecular formula is C13H25N3O3S. The predicted octanol–water partition coefficient (Wildman–Crippen LogP) is 0.107. The maximum Gasteiger partial charge on any atom is 0.221 e.